The SMILES string of the molecule is CN(C)[C@H]1C(O)=C(C(N)=O)C(=O)[C@]2(O)C(O)=C3C(=O)c4c(O)ccc(CN5CCCCC5)c4C[C@@H]3C[C@H]12. The lowest BCUT2D eigenvalue weighted by atomic mass is 9.58. The number of likely N-dealkylation sites (tertiary alicyclic amines) is 1. The number of carbonyl (C=O) groups excluding carboxylic acids is 3. The molecule has 0 spiro atoms. The number of aliphatic hydroxyl groups excluding tert-OH is 2. The first kappa shape index (κ1) is 25.4. The number of nitrogens with two attached hydrogens (primary N) is 1. The molecule has 1 saturated heterocycles. The van der Waals surface area contributed by atoms with Crippen LogP contribution in [0.4, 0.5) is 0 Å². The first-order chi connectivity index (χ1) is 17.5. The maximum Gasteiger partial charge on any atom is 0.255 e. The van der Waals surface area contributed by atoms with E-state index < -0.39 is 58.0 Å². The number of Topliss-reactive ketones (excluding diaryl/α,β-unsaturated/α-hetero) is 2. The van der Waals surface area contributed by atoms with Crippen LogP contribution in [0.3, 0.4) is 0 Å². The molecule has 0 aromatic heterocycles. The molecule has 1 fully saturated rings. The molecule has 37 heavy (non-hydrogen) atoms. The van der Waals surface area contributed by atoms with Gasteiger partial charge in [0.25, 0.3) is 5.91 Å². The number of benzene rings is 1. The normalized spacial score (nSPS) is 30.3. The first-order valence-electron chi connectivity index (χ1n) is 12.7. The zero-order valence-corrected chi connectivity index (χ0v) is 21.0. The number of likely N-dealkylation sites (N-methyl/N-ethyl adjacent to an activating group) is 1. The van der Waals surface area contributed by atoms with Crippen molar-refractivity contribution in [3.63, 3.8) is 0 Å². The van der Waals surface area contributed by atoms with Crippen LogP contribution in [0.15, 0.2) is 34.8 Å². The molecule has 1 heterocycles. The van der Waals surface area contributed by atoms with Crippen LogP contribution in [0.1, 0.15) is 47.2 Å². The van der Waals surface area contributed by atoms with Crippen LogP contribution in [0.25, 0.3) is 0 Å². The average Bonchev–Trinajstić information content (AvgIpc) is 2.83. The lowest BCUT2D eigenvalue weighted by Gasteiger charge is -2.50. The van der Waals surface area contributed by atoms with E-state index >= 15 is 0 Å². The minimum absolute atomic E-state index is 0.0651. The van der Waals surface area contributed by atoms with E-state index in [1.165, 1.54) is 12.5 Å². The highest BCUT2D eigenvalue weighted by Gasteiger charge is 2.63. The topological polar surface area (TPSA) is 165 Å². The van der Waals surface area contributed by atoms with E-state index in [9.17, 15) is 34.8 Å². The summed E-state index contributed by atoms with van der Waals surface area (Å²) in [6.07, 6.45) is 3.80. The minimum atomic E-state index is -2.62. The van der Waals surface area contributed by atoms with Crippen molar-refractivity contribution in [3.05, 3.63) is 51.5 Å². The van der Waals surface area contributed by atoms with Crippen LogP contribution in [-0.2, 0) is 22.6 Å². The second-order valence-electron chi connectivity index (χ2n) is 10.9. The number of fused-ring (bicyclic) bond motifs is 3. The molecule has 10 nitrogen and oxygen atoms in total. The van der Waals surface area contributed by atoms with Crippen molar-refractivity contribution in [2.45, 2.75) is 50.3 Å². The van der Waals surface area contributed by atoms with E-state index in [-0.39, 0.29) is 23.3 Å². The molecule has 1 aliphatic heterocycles. The van der Waals surface area contributed by atoms with E-state index in [0.29, 0.717) is 18.5 Å². The molecule has 1 aromatic carbocycles. The predicted octanol–water partition coefficient (Wildman–Crippen LogP) is 1.11. The zero-order chi connectivity index (χ0) is 26.8. The summed E-state index contributed by atoms with van der Waals surface area (Å²) in [5.41, 5.74) is 3.49. The van der Waals surface area contributed by atoms with Gasteiger partial charge in [-0.1, -0.05) is 12.5 Å². The third kappa shape index (κ3) is 3.69. The molecule has 0 radical (unpaired) electrons. The molecule has 0 saturated carbocycles. The first-order valence-corrected chi connectivity index (χ1v) is 12.7. The molecule has 0 bridgehead atoms. The summed E-state index contributed by atoms with van der Waals surface area (Å²) in [6.45, 7) is 2.54. The fraction of sp³-hybridized carbons (Fsp3) is 0.519. The minimum Gasteiger partial charge on any atom is -0.510 e. The number of primary amides is 1. The summed E-state index contributed by atoms with van der Waals surface area (Å²) in [5, 5.41) is 44.5. The molecule has 5 rings (SSSR count). The Morgan fingerprint density at radius 3 is 2.43 bits per heavy atom. The Morgan fingerprint density at radius 1 is 1.14 bits per heavy atom. The highest BCUT2D eigenvalue weighted by Crippen LogP contribution is 2.52. The van der Waals surface area contributed by atoms with Crippen LogP contribution >= 0.6 is 0 Å². The van der Waals surface area contributed by atoms with Gasteiger partial charge in [-0.15, -0.1) is 0 Å². The van der Waals surface area contributed by atoms with Gasteiger partial charge in [-0.05, 0) is 76.0 Å². The van der Waals surface area contributed by atoms with Crippen LogP contribution < -0.4 is 5.73 Å². The third-order valence-electron chi connectivity index (χ3n) is 8.55. The predicted molar refractivity (Wildman–Crippen MR) is 133 cm³/mol. The van der Waals surface area contributed by atoms with Crippen molar-refractivity contribution in [1.29, 1.82) is 0 Å². The van der Waals surface area contributed by atoms with Crippen molar-refractivity contribution in [3.8, 4) is 5.75 Å². The molecule has 4 aliphatic rings. The Morgan fingerprint density at radius 2 is 1.81 bits per heavy atom. The Hall–Kier alpha value is -3.21. The number of hydrogen-bond acceptors (Lipinski definition) is 9. The van der Waals surface area contributed by atoms with Gasteiger partial charge in [0, 0.05) is 18.0 Å². The summed E-state index contributed by atoms with van der Waals surface area (Å²) in [6, 6.07) is 2.29. The van der Waals surface area contributed by atoms with E-state index in [1.807, 2.05) is 6.07 Å². The maximum atomic E-state index is 13.8. The number of hydrogen-bond donors (Lipinski definition) is 5. The fourth-order valence-electron chi connectivity index (χ4n) is 6.82. The molecular formula is C27H33N3O7. The number of allylic oxidation sites excluding steroid dienone is 1. The zero-order valence-electron chi connectivity index (χ0n) is 21.0. The van der Waals surface area contributed by atoms with Crippen molar-refractivity contribution in [2.24, 2.45) is 17.6 Å². The second-order valence-corrected chi connectivity index (χ2v) is 10.9. The molecule has 10 heteroatoms. The van der Waals surface area contributed by atoms with Crippen molar-refractivity contribution < 1.29 is 34.8 Å². The number of nitrogens with zero attached hydrogens (tertiary/aromatic N) is 2. The maximum absolute atomic E-state index is 13.8. The van der Waals surface area contributed by atoms with Crippen molar-refractivity contribution in [2.75, 3.05) is 27.2 Å². The molecule has 4 atom stereocenters. The Labute approximate surface area is 214 Å². The highest BCUT2D eigenvalue weighted by molar-refractivity contribution is 6.24. The summed E-state index contributed by atoms with van der Waals surface area (Å²) < 4.78 is 0. The molecule has 1 aromatic rings. The lowest BCUT2D eigenvalue weighted by molar-refractivity contribution is -0.148. The van der Waals surface area contributed by atoms with E-state index in [0.717, 1.165) is 31.5 Å². The van der Waals surface area contributed by atoms with Gasteiger partial charge in [0.15, 0.2) is 11.4 Å². The number of phenolic OH excluding ortho intramolecular Hbond substituents is 1. The largest absolute Gasteiger partial charge is 0.510 e. The third-order valence-corrected chi connectivity index (χ3v) is 8.55. The number of aromatic hydroxyl groups is 1. The standard InChI is InChI=1S/C27H33N3O7/c1-29(2)21-16-11-14-10-15-13(12-30-8-4-3-5-9-30)6-7-17(31)19(15)22(32)18(14)24(34)27(16,37)25(35)20(23(21)33)26(28)36/h6-7,14,16,21,31,33-34,37H,3-5,8-12H2,1-2H3,(H2,28,36)/t14-,16-,21-,27-/m1/s1. The molecule has 198 valence electrons. The van der Waals surface area contributed by atoms with Gasteiger partial charge < -0.3 is 26.2 Å². The molecular weight excluding hydrogens is 478 g/mol. The Balaban J connectivity index is 1.64. The number of ketones is 2. The summed E-state index contributed by atoms with van der Waals surface area (Å²) in [5.74, 6) is -6.34. The van der Waals surface area contributed by atoms with Gasteiger partial charge in [-0.25, -0.2) is 0 Å². The fourth-order valence-corrected chi connectivity index (χ4v) is 6.82. The quantitative estimate of drug-likeness (QED) is 0.372. The molecule has 3 aliphatic carbocycles. The van der Waals surface area contributed by atoms with E-state index in [4.69, 9.17) is 5.73 Å². The van der Waals surface area contributed by atoms with Gasteiger partial charge in [0.2, 0.25) is 5.78 Å². The lowest BCUT2D eigenvalue weighted by Crippen LogP contribution is -2.63. The van der Waals surface area contributed by atoms with Gasteiger partial charge in [0.05, 0.1) is 11.6 Å². The van der Waals surface area contributed by atoms with Crippen LogP contribution in [0.5, 0.6) is 5.75 Å². The Bertz CT molecular complexity index is 1260. The summed E-state index contributed by atoms with van der Waals surface area (Å²) in [4.78, 5) is 43.0. The number of phenols is 1. The van der Waals surface area contributed by atoms with E-state index in [2.05, 4.69) is 4.90 Å². The number of amides is 1. The second kappa shape index (κ2) is 8.97. The smallest absolute Gasteiger partial charge is 0.255 e. The summed E-state index contributed by atoms with van der Waals surface area (Å²) in [7, 11) is 3.23. The van der Waals surface area contributed by atoms with Crippen LogP contribution in [0, 0.1) is 11.8 Å². The van der Waals surface area contributed by atoms with E-state index in [1.54, 1.807) is 19.0 Å². The number of piperidine rings is 1. The number of aliphatic hydroxyl groups is 3. The monoisotopic (exact) mass is 511 g/mol. The van der Waals surface area contributed by atoms with Crippen LogP contribution in [0.2, 0.25) is 0 Å². The van der Waals surface area contributed by atoms with Gasteiger partial charge in [-0.2, -0.15) is 0 Å². The molecule has 0 unspecified atom stereocenters. The summed E-state index contributed by atoms with van der Waals surface area (Å²) >= 11 is 0. The molecule has 6 N–H and O–H groups in total. The van der Waals surface area contributed by atoms with Gasteiger partial charge >= 0.3 is 0 Å². The van der Waals surface area contributed by atoms with Crippen LogP contribution in [-0.4, -0.2) is 86.5 Å². The molecule has 1 amide bonds. The van der Waals surface area contributed by atoms with Gasteiger partial charge in [-0.3, -0.25) is 24.2 Å². The number of carbonyl (C=O) groups is 3. The number of rotatable bonds is 4. The Kier molecular flexibility index (Phi) is 6.17. The van der Waals surface area contributed by atoms with Crippen molar-refractivity contribution >= 4 is 17.5 Å². The van der Waals surface area contributed by atoms with Gasteiger partial charge in [0.1, 0.15) is 22.8 Å². The average molecular weight is 512 g/mol. The highest BCUT2D eigenvalue weighted by atomic mass is 16.3. The van der Waals surface area contributed by atoms with Crippen molar-refractivity contribution in [1.82, 2.24) is 9.80 Å².